The fourth-order valence-electron chi connectivity index (χ4n) is 3.72. The normalized spacial score (nSPS) is 17.6. The zero-order valence-corrected chi connectivity index (χ0v) is 21.0. The van der Waals surface area contributed by atoms with Crippen LogP contribution in [0, 0.1) is 0 Å². The molecule has 0 aliphatic carbocycles. The van der Waals surface area contributed by atoms with E-state index in [2.05, 4.69) is 41.3 Å². The van der Waals surface area contributed by atoms with Crippen molar-refractivity contribution in [3.8, 4) is 0 Å². The first-order valence-electron chi connectivity index (χ1n) is 10.6. The molecule has 2 unspecified atom stereocenters. The van der Waals surface area contributed by atoms with Gasteiger partial charge < -0.3 is 15.1 Å². The molecular formula is C23H30Cl2N4O2S. The molecule has 0 bridgehead atoms. The standard InChI is InChI=1S/C23H30Cl2N4O2S/c1-27(2)19-6-5-14-29(16-19)18-11-9-17(10-12-18)26-22(30)13-15-28(3)32(31)21-8-4-7-20(24)23(21)25/h4,7-12,19H,5-6,13-16H2,1-3H3,(H,26,30). The number of piperidine rings is 1. The maximum absolute atomic E-state index is 12.7. The largest absolute Gasteiger partial charge is 0.370 e. The van der Waals surface area contributed by atoms with Gasteiger partial charge in [-0.05, 0) is 63.3 Å². The van der Waals surface area contributed by atoms with Crippen molar-refractivity contribution in [2.24, 2.45) is 0 Å². The Hall–Kier alpha value is -1.64. The molecule has 3 rings (SSSR count). The van der Waals surface area contributed by atoms with E-state index in [1.54, 1.807) is 29.6 Å². The lowest BCUT2D eigenvalue weighted by molar-refractivity contribution is -0.116. The molecule has 0 radical (unpaired) electrons. The van der Waals surface area contributed by atoms with Crippen LogP contribution in [0.3, 0.4) is 0 Å². The van der Waals surface area contributed by atoms with Crippen molar-refractivity contribution in [2.45, 2.75) is 30.2 Å². The van der Waals surface area contributed by atoms with Crippen LogP contribution in [0.1, 0.15) is 19.3 Å². The summed E-state index contributed by atoms with van der Waals surface area (Å²) in [7, 11) is 4.45. The molecule has 1 N–H and O–H groups in total. The predicted molar refractivity (Wildman–Crippen MR) is 134 cm³/mol. The Kier molecular flexibility index (Phi) is 8.96. The second kappa shape index (κ2) is 11.5. The molecule has 1 aliphatic rings. The third kappa shape index (κ3) is 6.45. The molecular weight excluding hydrogens is 467 g/mol. The van der Waals surface area contributed by atoms with Gasteiger partial charge in [0.05, 0.1) is 14.9 Å². The highest BCUT2D eigenvalue weighted by molar-refractivity contribution is 7.82. The SMILES string of the molecule is CN(C)C1CCCN(c2ccc(NC(=O)CCN(C)S(=O)c3cccc(Cl)c3Cl)cc2)C1. The van der Waals surface area contributed by atoms with Gasteiger partial charge in [-0.3, -0.25) is 4.79 Å². The summed E-state index contributed by atoms with van der Waals surface area (Å²) >= 11 is 12.2. The van der Waals surface area contributed by atoms with Crippen LogP contribution in [0.15, 0.2) is 47.4 Å². The number of nitrogens with one attached hydrogen (secondary N) is 1. The molecule has 9 heteroatoms. The number of rotatable bonds is 8. The number of likely N-dealkylation sites (N-methyl/N-ethyl adjacent to an activating group) is 1. The summed E-state index contributed by atoms with van der Waals surface area (Å²) in [5.74, 6) is -0.135. The van der Waals surface area contributed by atoms with Crippen molar-refractivity contribution in [2.75, 3.05) is 51.0 Å². The molecule has 1 aliphatic heterocycles. The molecule has 1 heterocycles. The second-order valence-corrected chi connectivity index (χ2v) is 10.5. The molecule has 174 valence electrons. The lowest BCUT2D eigenvalue weighted by Crippen LogP contribution is -2.45. The Morgan fingerprint density at radius 3 is 2.56 bits per heavy atom. The third-order valence-corrected chi connectivity index (χ3v) is 8.08. The summed E-state index contributed by atoms with van der Waals surface area (Å²) < 4.78 is 14.3. The Morgan fingerprint density at radius 1 is 1.16 bits per heavy atom. The van der Waals surface area contributed by atoms with Crippen molar-refractivity contribution in [1.82, 2.24) is 9.21 Å². The number of benzene rings is 2. The number of halogens is 2. The lowest BCUT2D eigenvalue weighted by atomic mass is 10.0. The maximum Gasteiger partial charge on any atom is 0.225 e. The van der Waals surface area contributed by atoms with Gasteiger partial charge in [-0.25, -0.2) is 8.51 Å². The number of anilines is 2. The molecule has 2 atom stereocenters. The van der Waals surface area contributed by atoms with E-state index in [1.807, 2.05) is 12.1 Å². The molecule has 2 aromatic carbocycles. The summed E-state index contributed by atoms with van der Waals surface area (Å²) in [4.78, 5) is 17.5. The van der Waals surface area contributed by atoms with E-state index in [4.69, 9.17) is 23.2 Å². The first-order chi connectivity index (χ1) is 15.3. The van der Waals surface area contributed by atoms with Crippen molar-refractivity contribution in [3.63, 3.8) is 0 Å². The van der Waals surface area contributed by atoms with E-state index >= 15 is 0 Å². The average Bonchev–Trinajstić information content (AvgIpc) is 2.79. The Labute approximate surface area is 203 Å². The molecule has 32 heavy (non-hydrogen) atoms. The zero-order valence-electron chi connectivity index (χ0n) is 18.7. The highest BCUT2D eigenvalue weighted by Gasteiger charge is 2.21. The fraction of sp³-hybridized carbons (Fsp3) is 0.435. The predicted octanol–water partition coefficient (Wildman–Crippen LogP) is 4.51. The Morgan fingerprint density at radius 2 is 1.88 bits per heavy atom. The number of nitrogens with zero attached hydrogens (tertiary/aromatic N) is 3. The summed E-state index contributed by atoms with van der Waals surface area (Å²) in [5, 5.41) is 3.54. The average molecular weight is 497 g/mol. The van der Waals surface area contributed by atoms with Gasteiger partial charge in [0, 0.05) is 50.5 Å². The number of carbonyl (C=O) groups excluding carboxylic acids is 1. The van der Waals surface area contributed by atoms with Crippen LogP contribution in [-0.4, -0.2) is 66.1 Å². The van der Waals surface area contributed by atoms with Crippen LogP contribution in [0.4, 0.5) is 11.4 Å². The smallest absolute Gasteiger partial charge is 0.225 e. The summed E-state index contributed by atoms with van der Waals surface area (Å²) in [5.41, 5.74) is 1.92. The van der Waals surface area contributed by atoms with Crippen LogP contribution in [0.5, 0.6) is 0 Å². The highest BCUT2D eigenvalue weighted by Crippen LogP contribution is 2.29. The van der Waals surface area contributed by atoms with Crippen molar-refractivity contribution in [1.29, 1.82) is 0 Å². The lowest BCUT2D eigenvalue weighted by Gasteiger charge is -2.37. The van der Waals surface area contributed by atoms with Gasteiger partial charge in [0.25, 0.3) is 0 Å². The molecule has 1 amide bonds. The van der Waals surface area contributed by atoms with E-state index in [9.17, 15) is 9.00 Å². The molecule has 0 aromatic heterocycles. The number of amides is 1. The molecule has 6 nitrogen and oxygen atoms in total. The monoisotopic (exact) mass is 496 g/mol. The highest BCUT2D eigenvalue weighted by atomic mass is 35.5. The van der Waals surface area contributed by atoms with Gasteiger partial charge in [-0.1, -0.05) is 29.3 Å². The van der Waals surface area contributed by atoms with E-state index in [1.165, 1.54) is 18.5 Å². The van der Waals surface area contributed by atoms with Gasteiger partial charge in [-0.15, -0.1) is 0 Å². The minimum absolute atomic E-state index is 0.135. The van der Waals surface area contributed by atoms with Crippen LogP contribution < -0.4 is 10.2 Å². The van der Waals surface area contributed by atoms with Crippen molar-refractivity contribution in [3.05, 3.63) is 52.5 Å². The van der Waals surface area contributed by atoms with Gasteiger partial charge in [0.15, 0.2) is 0 Å². The van der Waals surface area contributed by atoms with E-state index in [0.717, 1.165) is 18.8 Å². The first-order valence-corrected chi connectivity index (χ1v) is 12.5. The van der Waals surface area contributed by atoms with E-state index < -0.39 is 11.0 Å². The molecule has 1 fully saturated rings. The van der Waals surface area contributed by atoms with Crippen LogP contribution >= 0.6 is 23.2 Å². The zero-order chi connectivity index (χ0) is 23.3. The Balaban J connectivity index is 1.50. The fourth-order valence-corrected chi connectivity index (χ4v) is 5.32. The van der Waals surface area contributed by atoms with Gasteiger partial charge in [0.2, 0.25) is 5.91 Å². The van der Waals surface area contributed by atoms with Crippen molar-refractivity contribution >= 4 is 51.5 Å². The molecule has 2 aromatic rings. The third-order valence-electron chi connectivity index (χ3n) is 5.68. The van der Waals surface area contributed by atoms with E-state index in [0.29, 0.717) is 22.5 Å². The number of hydrogen-bond acceptors (Lipinski definition) is 4. The number of carbonyl (C=O) groups is 1. The van der Waals surface area contributed by atoms with Gasteiger partial charge >= 0.3 is 0 Å². The topological polar surface area (TPSA) is 55.9 Å². The molecule has 0 spiro atoms. The van der Waals surface area contributed by atoms with Crippen LogP contribution in [0.25, 0.3) is 0 Å². The summed E-state index contributed by atoms with van der Waals surface area (Å²) in [6.07, 6.45) is 2.61. The first kappa shape index (κ1) is 25.0. The van der Waals surface area contributed by atoms with Crippen molar-refractivity contribution < 1.29 is 9.00 Å². The maximum atomic E-state index is 12.7. The van der Waals surface area contributed by atoms with Gasteiger partial charge in [0.1, 0.15) is 11.0 Å². The minimum Gasteiger partial charge on any atom is -0.370 e. The quantitative estimate of drug-likeness (QED) is 0.584. The number of hydrogen-bond donors (Lipinski definition) is 1. The van der Waals surface area contributed by atoms with Crippen LogP contribution in [0.2, 0.25) is 10.0 Å². The second-order valence-electron chi connectivity index (χ2n) is 8.20. The molecule has 0 saturated carbocycles. The summed E-state index contributed by atoms with van der Waals surface area (Å²) in [6.45, 7) is 2.38. The van der Waals surface area contributed by atoms with Crippen LogP contribution in [-0.2, 0) is 15.8 Å². The molecule has 1 saturated heterocycles. The Bertz CT molecular complexity index is 956. The minimum atomic E-state index is -1.50. The summed E-state index contributed by atoms with van der Waals surface area (Å²) in [6, 6.07) is 13.6. The van der Waals surface area contributed by atoms with E-state index in [-0.39, 0.29) is 17.4 Å². The van der Waals surface area contributed by atoms with Gasteiger partial charge in [-0.2, -0.15) is 0 Å².